The third-order valence-corrected chi connectivity index (χ3v) is 3.63. The van der Waals surface area contributed by atoms with Gasteiger partial charge in [0.05, 0.1) is 5.01 Å². The summed E-state index contributed by atoms with van der Waals surface area (Å²) in [6, 6.07) is 0.643. The number of nitrogens with one attached hydrogen (secondary N) is 1. The molecule has 0 radical (unpaired) electrons. The van der Waals surface area contributed by atoms with Gasteiger partial charge >= 0.3 is 0 Å². The normalized spacial score (nSPS) is 11.6. The minimum absolute atomic E-state index is 0.643. The molecule has 0 amide bonds. The van der Waals surface area contributed by atoms with Crippen molar-refractivity contribution in [3.8, 4) is 0 Å². The van der Waals surface area contributed by atoms with E-state index in [1.807, 2.05) is 13.1 Å². The Labute approximate surface area is 103 Å². The summed E-state index contributed by atoms with van der Waals surface area (Å²) in [7, 11) is 2.18. The third kappa shape index (κ3) is 5.05. The lowest BCUT2D eigenvalue weighted by molar-refractivity contribution is 0.269. The van der Waals surface area contributed by atoms with E-state index in [2.05, 4.69) is 36.1 Å². The molecule has 0 aliphatic carbocycles. The predicted molar refractivity (Wildman–Crippen MR) is 70.9 cm³/mol. The zero-order valence-electron chi connectivity index (χ0n) is 10.8. The average Bonchev–Trinajstić information content (AvgIpc) is 2.63. The van der Waals surface area contributed by atoms with Crippen LogP contribution in [0.5, 0.6) is 0 Å². The Morgan fingerprint density at radius 2 is 2.25 bits per heavy atom. The van der Waals surface area contributed by atoms with Crippen molar-refractivity contribution in [2.75, 3.05) is 20.1 Å². The zero-order chi connectivity index (χ0) is 12.0. The van der Waals surface area contributed by atoms with Gasteiger partial charge in [-0.25, -0.2) is 4.98 Å². The molecule has 1 aromatic rings. The first-order valence-corrected chi connectivity index (χ1v) is 6.73. The van der Waals surface area contributed by atoms with E-state index in [-0.39, 0.29) is 0 Å². The Hall–Kier alpha value is -0.450. The molecular formula is C12H23N3S. The summed E-state index contributed by atoms with van der Waals surface area (Å²) in [5.41, 5.74) is 0. The highest BCUT2D eigenvalue weighted by molar-refractivity contribution is 7.11. The first-order valence-electron chi connectivity index (χ1n) is 5.92. The van der Waals surface area contributed by atoms with E-state index in [1.54, 1.807) is 11.3 Å². The van der Waals surface area contributed by atoms with E-state index in [4.69, 9.17) is 0 Å². The molecule has 92 valence electrons. The molecule has 0 fully saturated rings. The Bertz CT molecular complexity index is 296. The fraction of sp³-hybridized carbons (Fsp3) is 0.750. The summed E-state index contributed by atoms with van der Waals surface area (Å²) in [5.74, 6) is 0. The maximum atomic E-state index is 4.24. The molecule has 1 heterocycles. The largest absolute Gasteiger partial charge is 0.312 e. The number of rotatable bonds is 7. The van der Waals surface area contributed by atoms with E-state index in [0.29, 0.717) is 6.04 Å². The fourth-order valence-electron chi connectivity index (χ4n) is 1.41. The van der Waals surface area contributed by atoms with Crippen LogP contribution in [0.1, 0.15) is 30.2 Å². The molecule has 16 heavy (non-hydrogen) atoms. The molecule has 0 aliphatic heterocycles. The fourth-order valence-corrected chi connectivity index (χ4v) is 2.17. The lowest BCUT2D eigenvalue weighted by Crippen LogP contribution is -2.29. The van der Waals surface area contributed by atoms with Crippen LogP contribution in [0.15, 0.2) is 6.20 Å². The van der Waals surface area contributed by atoms with Crippen LogP contribution in [0.25, 0.3) is 0 Å². The van der Waals surface area contributed by atoms with Crippen molar-refractivity contribution in [1.82, 2.24) is 15.2 Å². The van der Waals surface area contributed by atoms with Gasteiger partial charge in [0, 0.05) is 23.7 Å². The van der Waals surface area contributed by atoms with Crippen LogP contribution in [-0.2, 0) is 6.54 Å². The molecule has 0 saturated carbocycles. The Morgan fingerprint density at radius 3 is 2.81 bits per heavy atom. The summed E-state index contributed by atoms with van der Waals surface area (Å²) in [5, 5.41) is 4.60. The predicted octanol–water partition coefficient (Wildman–Crippen LogP) is 2.27. The monoisotopic (exact) mass is 241 g/mol. The van der Waals surface area contributed by atoms with Crippen molar-refractivity contribution >= 4 is 11.3 Å². The lowest BCUT2D eigenvalue weighted by atomic mass is 10.3. The smallest absolute Gasteiger partial charge is 0.0897 e. The maximum absolute atomic E-state index is 4.24. The van der Waals surface area contributed by atoms with Crippen LogP contribution < -0.4 is 5.32 Å². The molecule has 3 nitrogen and oxygen atoms in total. The number of aryl methyl sites for hydroxylation is 1. The number of thiazole rings is 1. The van der Waals surface area contributed by atoms with Gasteiger partial charge in [-0.05, 0) is 47.3 Å². The molecule has 1 N–H and O–H groups in total. The molecule has 0 spiro atoms. The minimum Gasteiger partial charge on any atom is -0.312 e. The molecule has 0 saturated heterocycles. The Kier molecular flexibility index (Phi) is 5.95. The standard InChI is InChI=1S/C12H23N3S/c1-10(2)15(4)7-5-6-13-8-12-9-14-11(3)16-12/h9-10,13H,5-8H2,1-4H3. The Morgan fingerprint density at radius 1 is 1.50 bits per heavy atom. The molecule has 1 rings (SSSR count). The highest BCUT2D eigenvalue weighted by Gasteiger charge is 2.02. The van der Waals surface area contributed by atoms with E-state index in [0.717, 1.165) is 24.6 Å². The lowest BCUT2D eigenvalue weighted by Gasteiger charge is -2.20. The van der Waals surface area contributed by atoms with Gasteiger partial charge in [0.1, 0.15) is 0 Å². The number of hydrogen-bond donors (Lipinski definition) is 1. The first kappa shape index (κ1) is 13.6. The van der Waals surface area contributed by atoms with E-state index < -0.39 is 0 Å². The van der Waals surface area contributed by atoms with Crippen LogP contribution >= 0.6 is 11.3 Å². The number of hydrogen-bond acceptors (Lipinski definition) is 4. The minimum atomic E-state index is 0.643. The quantitative estimate of drug-likeness (QED) is 0.742. The van der Waals surface area contributed by atoms with E-state index >= 15 is 0 Å². The topological polar surface area (TPSA) is 28.2 Å². The first-order chi connectivity index (χ1) is 7.59. The van der Waals surface area contributed by atoms with Crippen LogP contribution in [0, 0.1) is 6.92 Å². The second kappa shape index (κ2) is 6.99. The van der Waals surface area contributed by atoms with Gasteiger partial charge in [0.2, 0.25) is 0 Å². The number of nitrogens with zero attached hydrogens (tertiary/aromatic N) is 2. The van der Waals surface area contributed by atoms with E-state index in [9.17, 15) is 0 Å². The second-order valence-corrected chi connectivity index (χ2v) is 5.77. The molecule has 4 heteroatoms. The van der Waals surface area contributed by atoms with Gasteiger partial charge in [-0.3, -0.25) is 0 Å². The van der Waals surface area contributed by atoms with Crippen LogP contribution in [0.3, 0.4) is 0 Å². The van der Waals surface area contributed by atoms with Gasteiger partial charge < -0.3 is 10.2 Å². The van der Waals surface area contributed by atoms with Crippen molar-refractivity contribution in [3.05, 3.63) is 16.1 Å². The van der Waals surface area contributed by atoms with Gasteiger partial charge in [0.25, 0.3) is 0 Å². The molecule has 0 atom stereocenters. The summed E-state index contributed by atoms with van der Waals surface area (Å²) in [6.07, 6.45) is 3.17. The second-order valence-electron chi connectivity index (χ2n) is 4.45. The molecule has 0 aromatic carbocycles. The van der Waals surface area contributed by atoms with Gasteiger partial charge in [-0.1, -0.05) is 0 Å². The Balaban J connectivity index is 2.04. The van der Waals surface area contributed by atoms with Crippen LogP contribution in [0.2, 0.25) is 0 Å². The van der Waals surface area contributed by atoms with Crippen molar-refractivity contribution in [2.45, 2.75) is 39.8 Å². The van der Waals surface area contributed by atoms with Crippen LogP contribution in [0.4, 0.5) is 0 Å². The van der Waals surface area contributed by atoms with Gasteiger partial charge in [0.15, 0.2) is 0 Å². The molecule has 0 unspecified atom stereocenters. The molecule has 0 aliphatic rings. The van der Waals surface area contributed by atoms with Crippen molar-refractivity contribution in [1.29, 1.82) is 0 Å². The van der Waals surface area contributed by atoms with Gasteiger partial charge in [-0.2, -0.15) is 0 Å². The molecule has 0 bridgehead atoms. The SMILES string of the molecule is Cc1ncc(CNCCCN(C)C(C)C)s1. The maximum Gasteiger partial charge on any atom is 0.0897 e. The third-order valence-electron chi connectivity index (χ3n) is 2.71. The number of aromatic nitrogens is 1. The summed E-state index contributed by atoms with van der Waals surface area (Å²) in [6.45, 7) is 9.70. The van der Waals surface area contributed by atoms with E-state index in [1.165, 1.54) is 11.3 Å². The zero-order valence-corrected chi connectivity index (χ0v) is 11.6. The van der Waals surface area contributed by atoms with Crippen molar-refractivity contribution in [3.63, 3.8) is 0 Å². The summed E-state index contributed by atoms with van der Waals surface area (Å²) in [4.78, 5) is 7.94. The van der Waals surface area contributed by atoms with Crippen molar-refractivity contribution < 1.29 is 0 Å². The molecular weight excluding hydrogens is 218 g/mol. The van der Waals surface area contributed by atoms with Crippen LogP contribution in [-0.4, -0.2) is 36.1 Å². The highest BCUT2D eigenvalue weighted by atomic mass is 32.1. The summed E-state index contributed by atoms with van der Waals surface area (Å²) >= 11 is 1.77. The average molecular weight is 241 g/mol. The van der Waals surface area contributed by atoms with Gasteiger partial charge in [-0.15, -0.1) is 11.3 Å². The highest BCUT2D eigenvalue weighted by Crippen LogP contribution is 2.10. The summed E-state index contributed by atoms with van der Waals surface area (Å²) < 4.78 is 0. The molecule has 1 aromatic heterocycles. The van der Waals surface area contributed by atoms with Crippen molar-refractivity contribution in [2.24, 2.45) is 0 Å².